The van der Waals surface area contributed by atoms with E-state index in [1.165, 1.54) is 11.6 Å². The van der Waals surface area contributed by atoms with Gasteiger partial charge in [0.25, 0.3) is 0 Å². The zero-order chi connectivity index (χ0) is 14.9. The van der Waals surface area contributed by atoms with Crippen LogP contribution in [0, 0.1) is 17.7 Å². The van der Waals surface area contributed by atoms with Gasteiger partial charge in [0.1, 0.15) is 5.82 Å². The summed E-state index contributed by atoms with van der Waals surface area (Å²) in [5, 5.41) is 8.69. The summed E-state index contributed by atoms with van der Waals surface area (Å²) < 4.78 is 13.6. The largest absolute Gasteiger partial charge is 0.395 e. The molecule has 0 saturated heterocycles. The molecule has 0 spiro atoms. The third kappa shape index (κ3) is 5.26. The highest BCUT2D eigenvalue weighted by molar-refractivity contribution is 7.97. The first-order valence-electron chi connectivity index (χ1n) is 6.79. The van der Waals surface area contributed by atoms with Gasteiger partial charge in [-0.3, -0.25) is 0 Å². The molecule has 0 aliphatic carbocycles. The van der Waals surface area contributed by atoms with E-state index in [1.54, 1.807) is 23.9 Å². The third-order valence-electron chi connectivity index (χ3n) is 2.87. The van der Waals surface area contributed by atoms with Gasteiger partial charge in [0.15, 0.2) is 0 Å². The Morgan fingerprint density at radius 1 is 1.00 bits per heavy atom. The summed E-state index contributed by atoms with van der Waals surface area (Å²) in [6.07, 6.45) is 0.367. The summed E-state index contributed by atoms with van der Waals surface area (Å²) in [5.41, 5.74) is 2.75. The lowest BCUT2D eigenvalue weighted by molar-refractivity contribution is 0.305. The van der Waals surface area contributed by atoms with Gasteiger partial charge < -0.3 is 5.11 Å². The molecule has 2 aromatic carbocycles. The van der Waals surface area contributed by atoms with E-state index in [2.05, 4.69) is 24.0 Å². The van der Waals surface area contributed by atoms with E-state index in [4.69, 9.17) is 5.11 Å². The van der Waals surface area contributed by atoms with Gasteiger partial charge in [-0.1, -0.05) is 48.2 Å². The SMILES string of the molecule is OCCC#Cc1cc(CSCc2ccccc2)ccc1F. The quantitative estimate of drug-likeness (QED) is 0.843. The molecule has 0 atom stereocenters. The van der Waals surface area contributed by atoms with Crippen LogP contribution in [0.15, 0.2) is 48.5 Å². The van der Waals surface area contributed by atoms with Crippen molar-refractivity contribution in [3.63, 3.8) is 0 Å². The van der Waals surface area contributed by atoms with Crippen molar-refractivity contribution in [2.75, 3.05) is 6.61 Å². The van der Waals surface area contributed by atoms with E-state index >= 15 is 0 Å². The second-order valence-electron chi connectivity index (χ2n) is 4.57. The van der Waals surface area contributed by atoms with E-state index in [-0.39, 0.29) is 12.4 Å². The van der Waals surface area contributed by atoms with Crippen LogP contribution in [0.2, 0.25) is 0 Å². The molecule has 0 saturated carbocycles. The smallest absolute Gasteiger partial charge is 0.138 e. The van der Waals surface area contributed by atoms with Crippen molar-refractivity contribution in [1.29, 1.82) is 0 Å². The standard InChI is InChI=1S/C18H17FOS/c19-18-10-9-16(12-17(18)8-4-5-11-20)14-21-13-15-6-2-1-3-7-15/h1-3,6-7,9-10,12,20H,5,11,13-14H2. The van der Waals surface area contributed by atoms with Gasteiger partial charge in [-0.05, 0) is 23.3 Å². The van der Waals surface area contributed by atoms with Crippen LogP contribution in [-0.4, -0.2) is 11.7 Å². The molecule has 3 heteroatoms. The Morgan fingerprint density at radius 2 is 1.76 bits per heavy atom. The molecule has 0 heterocycles. The zero-order valence-corrected chi connectivity index (χ0v) is 12.5. The highest BCUT2D eigenvalue weighted by atomic mass is 32.2. The minimum Gasteiger partial charge on any atom is -0.395 e. The van der Waals surface area contributed by atoms with Crippen molar-refractivity contribution in [3.05, 3.63) is 71.0 Å². The lowest BCUT2D eigenvalue weighted by Crippen LogP contribution is -1.89. The summed E-state index contributed by atoms with van der Waals surface area (Å²) in [7, 11) is 0. The molecule has 108 valence electrons. The highest BCUT2D eigenvalue weighted by Gasteiger charge is 2.02. The molecule has 1 nitrogen and oxygen atoms in total. The van der Waals surface area contributed by atoms with E-state index in [0.717, 1.165) is 17.1 Å². The molecule has 21 heavy (non-hydrogen) atoms. The van der Waals surface area contributed by atoms with Crippen molar-refractivity contribution >= 4 is 11.8 Å². The summed E-state index contributed by atoms with van der Waals surface area (Å²) in [5.74, 6) is 6.97. The minimum absolute atomic E-state index is 0.00123. The molecule has 0 fully saturated rings. The maximum atomic E-state index is 13.6. The van der Waals surface area contributed by atoms with Gasteiger partial charge in [-0.15, -0.1) is 0 Å². The molecule has 2 aromatic rings. The van der Waals surface area contributed by atoms with E-state index < -0.39 is 0 Å². The molecule has 2 rings (SSSR count). The van der Waals surface area contributed by atoms with Gasteiger partial charge in [-0.2, -0.15) is 11.8 Å². The normalized spacial score (nSPS) is 10.0. The predicted octanol–water partition coefficient (Wildman–Crippen LogP) is 3.99. The number of aliphatic hydroxyl groups is 1. The van der Waals surface area contributed by atoms with Crippen LogP contribution in [0.25, 0.3) is 0 Å². The molecular formula is C18H17FOS. The Morgan fingerprint density at radius 3 is 2.52 bits per heavy atom. The molecule has 0 aliphatic rings. The average Bonchev–Trinajstić information content (AvgIpc) is 2.51. The first kappa shape index (κ1) is 15.6. The Bertz CT molecular complexity index is 629. The maximum absolute atomic E-state index is 13.6. The molecule has 0 radical (unpaired) electrons. The van der Waals surface area contributed by atoms with Crippen LogP contribution in [0.4, 0.5) is 4.39 Å². The molecule has 0 unspecified atom stereocenters. The summed E-state index contributed by atoms with van der Waals surface area (Å²) in [6, 6.07) is 15.3. The number of halogens is 1. The van der Waals surface area contributed by atoms with Gasteiger partial charge in [0.2, 0.25) is 0 Å². The summed E-state index contributed by atoms with van der Waals surface area (Å²) in [4.78, 5) is 0. The Labute approximate surface area is 129 Å². The summed E-state index contributed by atoms with van der Waals surface area (Å²) in [6.45, 7) is 0.00123. The van der Waals surface area contributed by atoms with Gasteiger partial charge in [-0.25, -0.2) is 4.39 Å². The fourth-order valence-electron chi connectivity index (χ4n) is 1.83. The highest BCUT2D eigenvalue weighted by Crippen LogP contribution is 2.19. The molecule has 0 amide bonds. The number of hydrogen-bond donors (Lipinski definition) is 1. The van der Waals surface area contributed by atoms with E-state index in [1.807, 2.05) is 18.2 Å². The Balaban J connectivity index is 1.95. The Hall–Kier alpha value is -1.76. The van der Waals surface area contributed by atoms with Crippen LogP contribution in [0.1, 0.15) is 23.1 Å². The monoisotopic (exact) mass is 300 g/mol. The number of rotatable bonds is 5. The van der Waals surface area contributed by atoms with Crippen LogP contribution < -0.4 is 0 Å². The van der Waals surface area contributed by atoms with Gasteiger partial charge >= 0.3 is 0 Å². The second kappa shape index (κ2) is 8.51. The molecule has 0 bridgehead atoms. The van der Waals surface area contributed by atoms with Crippen LogP contribution in [0.3, 0.4) is 0 Å². The third-order valence-corrected chi connectivity index (χ3v) is 3.95. The van der Waals surface area contributed by atoms with Gasteiger partial charge in [0, 0.05) is 17.9 Å². The van der Waals surface area contributed by atoms with Crippen molar-refractivity contribution in [1.82, 2.24) is 0 Å². The van der Waals surface area contributed by atoms with Crippen LogP contribution >= 0.6 is 11.8 Å². The minimum atomic E-state index is -0.308. The lowest BCUT2D eigenvalue weighted by atomic mass is 10.1. The molecule has 0 aliphatic heterocycles. The summed E-state index contributed by atoms with van der Waals surface area (Å²) >= 11 is 1.79. The zero-order valence-electron chi connectivity index (χ0n) is 11.7. The van der Waals surface area contributed by atoms with Crippen LogP contribution in [0.5, 0.6) is 0 Å². The fourth-order valence-corrected chi connectivity index (χ4v) is 2.78. The van der Waals surface area contributed by atoms with Crippen molar-refractivity contribution in [2.45, 2.75) is 17.9 Å². The number of hydrogen-bond acceptors (Lipinski definition) is 2. The first-order valence-corrected chi connectivity index (χ1v) is 7.95. The molecule has 0 aromatic heterocycles. The first-order chi connectivity index (χ1) is 10.3. The Kier molecular flexibility index (Phi) is 6.33. The second-order valence-corrected chi connectivity index (χ2v) is 5.55. The fraction of sp³-hybridized carbons (Fsp3) is 0.222. The maximum Gasteiger partial charge on any atom is 0.138 e. The van der Waals surface area contributed by atoms with Crippen molar-refractivity contribution < 1.29 is 9.50 Å². The lowest BCUT2D eigenvalue weighted by Gasteiger charge is -2.04. The average molecular weight is 300 g/mol. The topological polar surface area (TPSA) is 20.2 Å². The number of aliphatic hydroxyl groups excluding tert-OH is 1. The molecule has 1 N–H and O–H groups in total. The predicted molar refractivity (Wildman–Crippen MR) is 86.4 cm³/mol. The van der Waals surface area contributed by atoms with Crippen molar-refractivity contribution in [3.8, 4) is 11.8 Å². The molecular weight excluding hydrogens is 283 g/mol. The van der Waals surface area contributed by atoms with E-state index in [0.29, 0.717) is 12.0 Å². The van der Waals surface area contributed by atoms with Gasteiger partial charge in [0.05, 0.1) is 12.2 Å². The van der Waals surface area contributed by atoms with Crippen molar-refractivity contribution in [2.24, 2.45) is 0 Å². The van der Waals surface area contributed by atoms with E-state index in [9.17, 15) is 4.39 Å². The van der Waals surface area contributed by atoms with Crippen LogP contribution in [-0.2, 0) is 11.5 Å². The number of thioether (sulfide) groups is 1. The number of benzene rings is 2.